The van der Waals surface area contributed by atoms with Gasteiger partial charge in [0.05, 0.1) is 42.2 Å². The van der Waals surface area contributed by atoms with E-state index in [0.717, 1.165) is 29.1 Å². The van der Waals surface area contributed by atoms with E-state index in [4.69, 9.17) is 14.5 Å². The molecule has 0 radical (unpaired) electrons. The van der Waals surface area contributed by atoms with Crippen molar-refractivity contribution in [2.45, 2.75) is 27.3 Å². The van der Waals surface area contributed by atoms with Crippen molar-refractivity contribution in [3.8, 4) is 34.5 Å². The van der Waals surface area contributed by atoms with Crippen molar-refractivity contribution >= 4 is 10.9 Å². The molecule has 0 atom stereocenters. The molecule has 0 amide bonds. The molecule has 0 unspecified atom stereocenters. The minimum Gasteiger partial charge on any atom is -0.494 e. The quantitative estimate of drug-likeness (QED) is 0.537. The molecule has 4 aromatic rings. The van der Waals surface area contributed by atoms with Crippen molar-refractivity contribution in [2.24, 2.45) is 0 Å². The van der Waals surface area contributed by atoms with Gasteiger partial charge in [-0.1, -0.05) is 0 Å². The molecule has 0 saturated carbocycles. The van der Waals surface area contributed by atoms with Gasteiger partial charge in [0.1, 0.15) is 0 Å². The summed E-state index contributed by atoms with van der Waals surface area (Å²) in [6, 6.07) is 3.80. The fourth-order valence-corrected chi connectivity index (χ4v) is 3.36. The Morgan fingerprint density at radius 3 is 2.66 bits per heavy atom. The first-order valence-electron chi connectivity index (χ1n) is 9.47. The summed E-state index contributed by atoms with van der Waals surface area (Å²) in [5, 5.41) is 15.8. The van der Waals surface area contributed by atoms with Crippen LogP contribution < -0.4 is 9.47 Å². The van der Waals surface area contributed by atoms with Crippen LogP contribution in [-0.2, 0) is 6.54 Å². The maximum atomic E-state index is 10.8. The average molecular weight is 393 g/mol. The highest BCUT2D eigenvalue weighted by Crippen LogP contribution is 2.35. The van der Waals surface area contributed by atoms with Crippen molar-refractivity contribution in [2.75, 3.05) is 13.7 Å². The second kappa shape index (κ2) is 7.46. The summed E-state index contributed by atoms with van der Waals surface area (Å²) in [5.41, 5.74) is 3.94. The van der Waals surface area contributed by atoms with Gasteiger partial charge in [0, 0.05) is 30.7 Å². The summed E-state index contributed by atoms with van der Waals surface area (Å²) in [6.45, 7) is 7.14. The van der Waals surface area contributed by atoms with Gasteiger partial charge >= 0.3 is 0 Å². The van der Waals surface area contributed by atoms with E-state index in [1.54, 1.807) is 24.1 Å². The number of hydrogen-bond acceptors (Lipinski definition) is 6. The Morgan fingerprint density at radius 2 is 1.97 bits per heavy atom. The third kappa shape index (κ3) is 3.26. The zero-order valence-electron chi connectivity index (χ0n) is 16.9. The van der Waals surface area contributed by atoms with Crippen LogP contribution in [0, 0.1) is 6.92 Å². The minimum atomic E-state index is 0.148. The second-order valence-corrected chi connectivity index (χ2v) is 6.63. The lowest BCUT2D eigenvalue weighted by molar-refractivity contribution is 0.304. The van der Waals surface area contributed by atoms with Gasteiger partial charge in [-0.3, -0.25) is 9.25 Å². The number of aryl methyl sites for hydroxylation is 2. The highest BCUT2D eigenvalue weighted by molar-refractivity contribution is 5.90. The predicted octanol–water partition coefficient (Wildman–Crippen LogP) is 3.73. The Balaban J connectivity index is 1.83. The number of hydrogen-bond donors (Lipinski definition) is 1. The Morgan fingerprint density at radius 1 is 1.14 bits per heavy atom. The molecule has 4 rings (SSSR count). The molecule has 0 aromatic carbocycles. The van der Waals surface area contributed by atoms with Gasteiger partial charge in [0.15, 0.2) is 5.75 Å². The number of methoxy groups -OCH3 is 1. The van der Waals surface area contributed by atoms with Crippen LogP contribution in [0.25, 0.3) is 27.8 Å². The van der Waals surface area contributed by atoms with Crippen LogP contribution in [-0.4, -0.2) is 43.1 Å². The molecule has 4 heterocycles. The van der Waals surface area contributed by atoms with Gasteiger partial charge in [-0.05, 0) is 38.5 Å². The summed E-state index contributed by atoms with van der Waals surface area (Å²) in [5.74, 6) is 1.15. The van der Waals surface area contributed by atoms with Gasteiger partial charge in [-0.25, -0.2) is 9.97 Å². The molecule has 0 bridgehead atoms. The van der Waals surface area contributed by atoms with Crippen LogP contribution in [0.5, 0.6) is 17.5 Å². The van der Waals surface area contributed by atoms with Crippen molar-refractivity contribution in [3.05, 3.63) is 42.5 Å². The maximum absolute atomic E-state index is 10.8. The van der Waals surface area contributed by atoms with Gasteiger partial charge in [-0.2, -0.15) is 5.10 Å². The molecule has 0 aliphatic heterocycles. The number of ether oxygens (including phenoxy) is 2. The Hall–Kier alpha value is -3.55. The van der Waals surface area contributed by atoms with E-state index < -0.39 is 0 Å². The zero-order valence-corrected chi connectivity index (χ0v) is 16.9. The van der Waals surface area contributed by atoms with E-state index in [1.165, 1.54) is 0 Å². The lowest BCUT2D eigenvalue weighted by Gasteiger charge is -2.10. The van der Waals surface area contributed by atoms with Crippen LogP contribution >= 0.6 is 0 Å². The summed E-state index contributed by atoms with van der Waals surface area (Å²) < 4.78 is 14.4. The minimum absolute atomic E-state index is 0.148. The molecule has 0 saturated heterocycles. The number of aromatic nitrogens is 5. The molecular formula is C21H23N5O3. The summed E-state index contributed by atoms with van der Waals surface area (Å²) >= 11 is 0. The smallest absolute Gasteiger partial charge is 0.256 e. The van der Waals surface area contributed by atoms with Crippen LogP contribution in [0.1, 0.15) is 19.4 Å². The van der Waals surface area contributed by atoms with E-state index in [-0.39, 0.29) is 5.88 Å². The van der Waals surface area contributed by atoms with Crippen LogP contribution in [0.2, 0.25) is 0 Å². The fourth-order valence-electron chi connectivity index (χ4n) is 3.36. The van der Waals surface area contributed by atoms with E-state index >= 15 is 0 Å². The largest absolute Gasteiger partial charge is 0.494 e. The number of fused-ring (bicyclic) bond motifs is 1. The van der Waals surface area contributed by atoms with Gasteiger partial charge < -0.3 is 14.6 Å². The highest BCUT2D eigenvalue weighted by Gasteiger charge is 2.17. The highest BCUT2D eigenvalue weighted by atomic mass is 16.5. The second-order valence-electron chi connectivity index (χ2n) is 6.63. The van der Waals surface area contributed by atoms with E-state index in [2.05, 4.69) is 10.1 Å². The topological polar surface area (TPSA) is 87.2 Å². The average Bonchev–Trinajstić information content (AvgIpc) is 3.32. The molecule has 0 aliphatic rings. The van der Waals surface area contributed by atoms with Gasteiger partial charge in [0.25, 0.3) is 5.88 Å². The molecule has 29 heavy (non-hydrogen) atoms. The van der Waals surface area contributed by atoms with Crippen molar-refractivity contribution in [3.63, 3.8) is 0 Å². The summed E-state index contributed by atoms with van der Waals surface area (Å²) in [4.78, 5) is 9.08. The van der Waals surface area contributed by atoms with Crippen molar-refractivity contribution < 1.29 is 14.6 Å². The lowest BCUT2D eigenvalue weighted by Crippen LogP contribution is -1.98. The van der Waals surface area contributed by atoms with Gasteiger partial charge in [0.2, 0.25) is 5.88 Å². The first-order chi connectivity index (χ1) is 14.0. The van der Waals surface area contributed by atoms with E-state index in [1.807, 2.05) is 50.0 Å². The molecule has 8 heteroatoms. The lowest BCUT2D eigenvalue weighted by atomic mass is 10.1. The number of nitrogens with zero attached hydrogens (tertiary/aromatic N) is 5. The molecule has 8 nitrogen and oxygen atoms in total. The van der Waals surface area contributed by atoms with E-state index in [0.29, 0.717) is 29.1 Å². The maximum Gasteiger partial charge on any atom is 0.256 e. The van der Waals surface area contributed by atoms with Crippen molar-refractivity contribution in [1.29, 1.82) is 0 Å². The monoisotopic (exact) mass is 393 g/mol. The van der Waals surface area contributed by atoms with E-state index in [9.17, 15) is 5.11 Å². The number of rotatable bonds is 6. The molecule has 1 N–H and O–H groups in total. The van der Waals surface area contributed by atoms with Crippen molar-refractivity contribution in [1.82, 2.24) is 24.3 Å². The van der Waals surface area contributed by atoms with Crippen LogP contribution in [0.15, 0.2) is 36.9 Å². The Kier molecular flexibility index (Phi) is 4.84. The summed E-state index contributed by atoms with van der Waals surface area (Å²) in [6.07, 6.45) is 7.13. The predicted molar refractivity (Wildman–Crippen MR) is 110 cm³/mol. The first kappa shape index (κ1) is 18.8. The standard InChI is InChI=1S/C21H23N5O3/c1-5-25-11-15(10-23-25)26-12-17-19(21(26)27)13(3)7-16(24-17)14-8-18(29-6-2)20(28-4)22-9-14/h7-12,27H,5-6H2,1-4H3. The third-order valence-corrected chi connectivity index (χ3v) is 4.78. The molecule has 0 fully saturated rings. The molecule has 4 aromatic heterocycles. The molecular weight excluding hydrogens is 370 g/mol. The molecule has 150 valence electrons. The van der Waals surface area contributed by atoms with Crippen LogP contribution in [0.4, 0.5) is 0 Å². The SMILES string of the molecule is CCOc1cc(-c2cc(C)c3c(O)n(-c4cnn(CC)c4)cc3n2)cnc1OC. The number of aromatic hydroxyl groups is 1. The Bertz CT molecular complexity index is 1180. The fraction of sp³-hybridized carbons (Fsp3) is 0.286. The van der Waals surface area contributed by atoms with Crippen LogP contribution in [0.3, 0.4) is 0 Å². The third-order valence-electron chi connectivity index (χ3n) is 4.78. The number of pyridine rings is 2. The van der Waals surface area contributed by atoms with Gasteiger partial charge in [-0.15, -0.1) is 0 Å². The first-order valence-corrected chi connectivity index (χ1v) is 9.47. The zero-order chi connectivity index (χ0) is 20.5. The molecule has 0 spiro atoms. The summed E-state index contributed by atoms with van der Waals surface area (Å²) in [7, 11) is 1.56. The Labute approximate surface area is 168 Å². The molecule has 0 aliphatic carbocycles. The normalized spacial score (nSPS) is 11.2.